The Morgan fingerprint density at radius 1 is 0.960 bits per heavy atom. The van der Waals surface area contributed by atoms with Gasteiger partial charge in [-0.1, -0.05) is 71.3 Å². The number of carbonyl (C=O) groups is 1. The Morgan fingerprint density at radius 2 is 1.60 bits per heavy atom. The molecule has 0 aliphatic carbocycles. The zero-order valence-corrected chi connectivity index (χ0v) is 15.9. The fourth-order valence-electron chi connectivity index (χ4n) is 2.85. The van der Waals surface area contributed by atoms with Gasteiger partial charge in [0.25, 0.3) is 0 Å². The molecule has 0 aliphatic heterocycles. The average molecular weight is 346 g/mol. The smallest absolute Gasteiger partial charge is 0.389 e. The van der Waals surface area contributed by atoms with Crippen LogP contribution in [0.25, 0.3) is 4.98 Å². The monoisotopic (exact) mass is 345 g/mol. The molecule has 1 aromatic rings. The molecule has 0 unspecified atom stereocenters. The van der Waals surface area contributed by atoms with Crippen LogP contribution in [-0.4, -0.2) is 12.6 Å². The van der Waals surface area contributed by atoms with Crippen LogP contribution < -0.4 is 0 Å². The molecule has 4 heteroatoms. The Bertz CT molecular complexity index is 549. The maximum Gasteiger partial charge on any atom is 0.389 e. The van der Waals surface area contributed by atoms with Crippen molar-refractivity contribution in [3.8, 4) is 0 Å². The van der Waals surface area contributed by atoms with Gasteiger partial charge < -0.3 is 4.74 Å². The van der Waals surface area contributed by atoms with Crippen molar-refractivity contribution in [2.24, 2.45) is 0 Å². The molecule has 4 nitrogen and oxygen atoms in total. The van der Waals surface area contributed by atoms with E-state index in [-0.39, 0.29) is 5.97 Å². The number of hydrogen-bond acceptors (Lipinski definition) is 3. The Kier molecular flexibility index (Phi) is 11.3. The molecule has 0 saturated heterocycles. The van der Waals surface area contributed by atoms with Crippen LogP contribution in [0.5, 0.6) is 0 Å². The molecule has 0 aliphatic rings. The summed E-state index contributed by atoms with van der Waals surface area (Å²) in [6.45, 7) is 4.80. The maximum atomic E-state index is 12.1. The molecule has 0 fully saturated rings. The molecule has 1 aromatic carbocycles. The second kappa shape index (κ2) is 13.4. The Labute approximate surface area is 152 Å². The maximum absolute atomic E-state index is 12.1. The van der Waals surface area contributed by atoms with Gasteiger partial charge in [-0.05, 0) is 25.3 Å². The fourth-order valence-corrected chi connectivity index (χ4v) is 2.85. The van der Waals surface area contributed by atoms with Gasteiger partial charge in [0.15, 0.2) is 4.98 Å². The van der Waals surface area contributed by atoms with Crippen molar-refractivity contribution in [1.29, 1.82) is 5.39 Å². The van der Waals surface area contributed by atoms with Crippen LogP contribution in [0.3, 0.4) is 0 Å². The van der Waals surface area contributed by atoms with Crippen LogP contribution in [0.2, 0.25) is 0 Å². The van der Waals surface area contributed by atoms with E-state index in [0.29, 0.717) is 17.9 Å². The van der Waals surface area contributed by atoms with Crippen molar-refractivity contribution in [2.45, 2.75) is 84.5 Å². The van der Waals surface area contributed by atoms with Crippen LogP contribution >= 0.6 is 0 Å². The second-order valence-corrected chi connectivity index (χ2v) is 6.66. The van der Waals surface area contributed by atoms with Crippen LogP contribution in [0, 0.1) is 5.39 Å². The number of esters is 1. The molecule has 0 radical (unpaired) electrons. The molecule has 138 valence electrons. The van der Waals surface area contributed by atoms with Crippen molar-refractivity contribution < 1.29 is 9.53 Å². The first-order valence-electron chi connectivity index (χ1n) is 9.88. The SMILES string of the molecule is CCCCCCCCCCOC(=O)c1ccc(CCCC)c([N+]#N)c1. The summed E-state index contributed by atoms with van der Waals surface area (Å²) in [4.78, 5) is 15.4. The highest BCUT2D eigenvalue weighted by atomic mass is 16.5. The summed E-state index contributed by atoms with van der Waals surface area (Å²) >= 11 is 0. The van der Waals surface area contributed by atoms with Crippen molar-refractivity contribution in [2.75, 3.05) is 6.61 Å². The molecule has 0 atom stereocenters. The topological polar surface area (TPSA) is 54.5 Å². The van der Waals surface area contributed by atoms with E-state index in [4.69, 9.17) is 10.1 Å². The highest BCUT2D eigenvalue weighted by Crippen LogP contribution is 2.23. The summed E-state index contributed by atoms with van der Waals surface area (Å²) in [6.07, 6.45) is 12.7. The molecule has 0 N–H and O–H groups in total. The van der Waals surface area contributed by atoms with Crippen LogP contribution in [0.4, 0.5) is 5.69 Å². The van der Waals surface area contributed by atoms with E-state index in [0.717, 1.165) is 37.7 Å². The van der Waals surface area contributed by atoms with Gasteiger partial charge >= 0.3 is 11.7 Å². The van der Waals surface area contributed by atoms with Gasteiger partial charge in [-0.25, -0.2) is 4.79 Å². The molecule has 0 spiro atoms. The molecule has 25 heavy (non-hydrogen) atoms. The summed E-state index contributed by atoms with van der Waals surface area (Å²) in [5, 5.41) is 9.15. The molecule has 0 saturated carbocycles. The molecule has 0 bridgehead atoms. The lowest BCUT2D eigenvalue weighted by Gasteiger charge is -2.05. The van der Waals surface area contributed by atoms with Gasteiger partial charge in [0, 0.05) is 11.6 Å². The molecule has 1 rings (SSSR count). The van der Waals surface area contributed by atoms with E-state index in [1.165, 1.54) is 38.5 Å². The third-order valence-electron chi connectivity index (χ3n) is 4.46. The largest absolute Gasteiger partial charge is 0.462 e. The number of nitrogens with zero attached hydrogens (tertiary/aromatic N) is 2. The van der Waals surface area contributed by atoms with E-state index < -0.39 is 0 Å². The zero-order valence-electron chi connectivity index (χ0n) is 15.9. The average Bonchev–Trinajstić information content (AvgIpc) is 2.64. The molecule has 0 aromatic heterocycles. The predicted octanol–water partition coefficient (Wildman–Crippen LogP) is 6.81. The van der Waals surface area contributed by atoms with Crippen molar-refractivity contribution in [3.05, 3.63) is 34.3 Å². The number of benzene rings is 1. The number of aryl methyl sites for hydroxylation is 1. The highest BCUT2D eigenvalue weighted by molar-refractivity contribution is 5.90. The molecular weight excluding hydrogens is 312 g/mol. The summed E-state index contributed by atoms with van der Waals surface area (Å²) in [5.74, 6) is -0.338. The van der Waals surface area contributed by atoms with E-state index in [1.807, 2.05) is 6.07 Å². The van der Waals surface area contributed by atoms with Gasteiger partial charge in [-0.15, -0.1) is 0 Å². The predicted molar refractivity (Wildman–Crippen MR) is 103 cm³/mol. The first-order chi connectivity index (χ1) is 12.2. The number of diazo groups is 1. The van der Waals surface area contributed by atoms with Gasteiger partial charge in [-0.2, -0.15) is 0 Å². The summed E-state index contributed by atoms with van der Waals surface area (Å²) < 4.78 is 5.33. The highest BCUT2D eigenvalue weighted by Gasteiger charge is 2.18. The van der Waals surface area contributed by atoms with Crippen LogP contribution in [-0.2, 0) is 11.2 Å². The first-order valence-corrected chi connectivity index (χ1v) is 9.88. The van der Waals surface area contributed by atoms with Gasteiger partial charge in [0.1, 0.15) is 0 Å². The molecule has 0 heterocycles. The number of ether oxygens (including phenoxy) is 1. The van der Waals surface area contributed by atoms with Gasteiger partial charge in [-0.3, -0.25) is 0 Å². The summed E-state index contributed by atoms with van der Waals surface area (Å²) in [7, 11) is 0. The lowest BCUT2D eigenvalue weighted by Crippen LogP contribution is -2.06. The quantitative estimate of drug-likeness (QED) is 0.224. The molecule has 0 amide bonds. The third kappa shape index (κ3) is 8.67. The molecular formula is C21H33N2O2+. The Balaban J connectivity index is 2.29. The fraction of sp³-hybridized carbons (Fsp3) is 0.667. The van der Waals surface area contributed by atoms with Crippen LogP contribution in [0.15, 0.2) is 18.2 Å². The normalized spacial score (nSPS) is 10.4. The van der Waals surface area contributed by atoms with Crippen LogP contribution in [0.1, 0.15) is 94.0 Å². The third-order valence-corrected chi connectivity index (χ3v) is 4.46. The van der Waals surface area contributed by atoms with E-state index >= 15 is 0 Å². The lowest BCUT2D eigenvalue weighted by atomic mass is 10.0. The number of rotatable bonds is 13. The zero-order chi connectivity index (χ0) is 18.3. The van der Waals surface area contributed by atoms with Gasteiger partial charge in [0.2, 0.25) is 5.39 Å². The van der Waals surface area contributed by atoms with Crippen molar-refractivity contribution in [1.82, 2.24) is 0 Å². The first kappa shape index (κ1) is 21.2. The second-order valence-electron chi connectivity index (χ2n) is 6.66. The summed E-state index contributed by atoms with van der Waals surface area (Å²) in [6, 6.07) is 5.23. The number of carbonyl (C=O) groups excluding carboxylic acids is 1. The Morgan fingerprint density at radius 3 is 2.24 bits per heavy atom. The van der Waals surface area contributed by atoms with E-state index in [2.05, 4.69) is 18.8 Å². The number of hydrogen-bond donors (Lipinski definition) is 0. The van der Waals surface area contributed by atoms with Gasteiger partial charge in [0.05, 0.1) is 12.2 Å². The minimum Gasteiger partial charge on any atom is -0.462 e. The van der Waals surface area contributed by atoms with Crippen molar-refractivity contribution >= 4 is 11.7 Å². The van der Waals surface area contributed by atoms with E-state index in [1.54, 1.807) is 12.1 Å². The van der Waals surface area contributed by atoms with E-state index in [9.17, 15) is 4.79 Å². The number of unbranched alkanes of at least 4 members (excludes halogenated alkanes) is 8. The standard InChI is InChI=1S/C21H33N2O2/c1-3-5-7-8-9-10-11-12-16-25-21(24)19-15-14-18(13-6-4-2)20(17-19)23-22/h14-15,17H,3-13,16H2,1-2H3/q+1. The minimum absolute atomic E-state index is 0.338. The van der Waals surface area contributed by atoms with Crippen molar-refractivity contribution in [3.63, 3.8) is 0 Å². The summed E-state index contributed by atoms with van der Waals surface area (Å²) in [5.41, 5.74) is 1.88. The lowest BCUT2D eigenvalue weighted by molar-refractivity contribution is 0.0497. The minimum atomic E-state index is -0.338. The Hall–Kier alpha value is -1.89.